The van der Waals surface area contributed by atoms with E-state index < -0.39 is 0 Å². The van der Waals surface area contributed by atoms with E-state index in [1.54, 1.807) is 0 Å². The Morgan fingerprint density at radius 1 is 1.00 bits per heavy atom. The lowest BCUT2D eigenvalue weighted by Gasteiger charge is -2.21. The monoisotopic (exact) mass is 282 g/mol. The summed E-state index contributed by atoms with van der Waals surface area (Å²) in [5, 5.41) is 3.52. The predicted octanol–water partition coefficient (Wildman–Crippen LogP) is 4.38. The molecule has 0 radical (unpaired) electrons. The molecule has 0 fully saturated rings. The van der Waals surface area contributed by atoms with Crippen LogP contribution in [0, 0.1) is 0 Å². The minimum absolute atomic E-state index is 0.415. The first-order chi connectivity index (χ1) is 10.2. The lowest BCUT2D eigenvalue weighted by Crippen LogP contribution is -2.20. The van der Waals surface area contributed by atoms with E-state index >= 15 is 0 Å². The Balaban J connectivity index is 1.98. The standard InChI is InChI=1S/C19H26N2/c1-4-14-20-16(2)18-10-12-19(13-11-18)21(3)15-17-8-6-5-7-9-17/h5-13,16,20H,4,14-15H2,1-3H3. The van der Waals surface area contributed by atoms with Crippen molar-refractivity contribution in [2.24, 2.45) is 0 Å². The highest BCUT2D eigenvalue weighted by Crippen LogP contribution is 2.19. The van der Waals surface area contributed by atoms with Gasteiger partial charge in [0.05, 0.1) is 0 Å². The van der Waals surface area contributed by atoms with Crippen LogP contribution in [0.15, 0.2) is 54.6 Å². The smallest absolute Gasteiger partial charge is 0.0426 e. The van der Waals surface area contributed by atoms with Gasteiger partial charge in [0.1, 0.15) is 0 Å². The molecule has 0 aliphatic carbocycles. The average molecular weight is 282 g/mol. The van der Waals surface area contributed by atoms with Crippen LogP contribution < -0.4 is 10.2 Å². The molecule has 0 spiro atoms. The molecule has 0 amide bonds. The topological polar surface area (TPSA) is 15.3 Å². The van der Waals surface area contributed by atoms with Gasteiger partial charge < -0.3 is 10.2 Å². The molecular weight excluding hydrogens is 256 g/mol. The Morgan fingerprint density at radius 3 is 2.29 bits per heavy atom. The normalized spacial score (nSPS) is 12.1. The van der Waals surface area contributed by atoms with Crippen LogP contribution in [0.25, 0.3) is 0 Å². The molecule has 2 heteroatoms. The minimum Gasteiger partial charge on any atom is -0.370 e. The fraction of sp³-hybridized carbons (Fsp3) is 0.368. The van der Waals surface area contributed by atoms with E-state index in [2.05, 4.69) is 85.7 Å². The minimum atomic E-state index is 0.415. The zero-order valence-electron chi connectivity index (χ0n) is 13.3. The van der Waals surface area contributed by atoms with Crippen LogP contribution in [-0.2, 0) is 6.54 Å². The van der Waals surface area contributed by atoms with Gasteiger partial charge in [-0.25, -0.2) is 0 Å². The second-order valence-electron chi connectivity index (χ2n) is 5.61. The summed E-state index contributed by atoms with van der Waals surface area (Å²) in [6.45, 7) is 6.42. The van der Waals surface area contributed by atoms with E-state index in [-0.39, 0.29) is 0 Å². The SMILES string of the molecule is CCCNC(C)c1ccc(N(C)Cc2ccccc2)cc1. The van der Waals surface area contributed by atoms with Crippen LogP contribution >= 0.6 is 0 Å². The molecule has 21 heavy (non-hydrogen) atoms. The lowest BCUT2D eigenvalue weighted by atomic mass is 10.1. The Morgan fingerprint density at radius 2 is 1.67 bits per heavy atom. The van der Waals surface area contributed by atoms with Crippen molar-refractivity contribution in [1.82, 2.24) is 5.32 Å². The van der Waals surface area contributed by atoms with Crippen molar-refractivity contribution in [2.75, 3.05) is 18.5 Å². The van der Waals surface area contributed by atoms with E-state index in [1.165, 1.54) is 23.2 Å². The Hall–Kier alpha value is -1.80. The zero-order chi connectivity index (χ0) is 15.1. The number of anilines is 1. The third-order valence-corrected chi connectivity index (χ3v) is 3.80. The van der Waals surface area contributed by atoms with E-state index in [1.807, 2.05) is 0 Å². The highest BCUT2D eigenvalue weighted by molar-refractivity contribution is 5.47. The summed E-state index contributed by atoms with van der Waals surface area (Å²) < 4.78 is 0. The van der Waals surface area contributed by atoms with Crippen LogP contribution in [0.2, 0.25) is 0 Å². The molecule has 0 heterocycles. The summed E-state index contributed by atoms with van der Waals surface area (Å²) in [6, 6.07) is 19.9. The second kappa shape index (κ2) is 7.84. The van der Waals surface area contributed by atoms with Crippen LogP contribution in [0.4, 0.5) is 5.69 Å². The van der Waals surface area contributed by atoms with Gasteiger partial charge in [0, 0.05) is 25.3 Å². The Bertz CT molecular complexity index is 519. The predicted molar refractivity (Wildman–Crippen MR) is 91.7 cm³/mol. The van der Waals surface area contributed by atoms with Gasteiger partial charge in [-0.3, -0.25) is 0 Å². The molecule has 0 bridgehead atoms. The molecule has 0 saturated carbocycles. The van der Waals surface area contributed by atoms with E-state index in [0.717, 1.165) is 13.1 Å². The van der Waals surface area contributed by atoms with Crippen LogP contribution in [0.3, 0.4) is 0 Å². The first-order valence-corrected chi connectivity index (χ1v) is 7.79. The quantitative estimate of drug-likeness (QED) is 0.810. The van der Waals surface area contributed by atoms with Crippen molar-refractivity contribution >= 4 is 5.69 Å². The van der Waals surface area contributed by atoms with Crippen molar-refractivity contribution in [3.8, 4) is 0 Å². The van der Waals surface area contributed by atoms with Gasteiger partial charge in [0.15, 0.2) is 0 Å². The molecule has 2 rings (SSSR count). The van der Waals surface area contributed by atoms with E-state index in [9.17, 15) is 0 Å². The largest absolute Gasteiger partial charge is 0.370 e. The van der Waals surface area contributed by atoms with Crippen molar-refractivity contribution in [1.29, 1.82) is 0 Å². The fourth-order valence-corrected chi connectivity index (χ4v) is 2.44. The number of rotatable bonds is 7. The van der Waals surface area contributed by atoms with Crippen molar-refractivity contribution in [3.05, 3.63) is 65.7 Å². The molecule has 0 aromatic heterocycles. The molecule has 1 unspecified atom stereocenters. The van der Waals surface area contributed by atoms with E-state index in [0.29, 0.717) is 6.04 Å². The number of hydrogen-bond donors (Lipinski definition) is 1. The number of nitrogens with zero attached hydrogens (tertiary/aromatic N) is 1. The third kappa shape index (κ3) is 4.61. The van der Waals surface area contributed by atoms with Crippen LogP contribution in [0.1, 0.15) is 37.4 Å². The van der Waals surface area contributed by atoms with Gasteiger partial charge in [-0.15, -0.1) is 0 Å². The molecule has 2 nitrogen and oxygen atoms in total. The van der Waals surface area contributed by atoms with Gasteiger partial charge in [-0.1, -0.05) is 49.4 Å². The molecule has 0 saturated heterocycles. The van der Waals surface area contributed by atoms with Gasteiger partial charge in [0.2, 0.25) is 0 Å². The summed E-state index contributed by atoms with van der Waals surface area (Å²) in [5.41, 5.74) is 3.94. The third-order valence-electron chi connectivity index (χ3n) is 3.80. The fourth-order valence-electron chi connectivity index (χ4n) is 2.44. The Kier molecular flexibility index (Phi) is 5.82. The first-order valence-electron chi connectivity index (χ1n) is 7.79. The number of nitrogens with one attached hydrogen (secondary N) is 1. The summed E-state index contributed by atoms with van der Waals surface area (Å²) in [4.78, 5) is 2.28. The summed E-state index contributed by atoms with van der Waals surface area (Å²) >= 11 is 0. The van der Waals surface area contributed by atoms with Crippen molar-refractivity contribution < 1.29 is 0 Å². The van der Waals surface area contributed by atoms with E-state index in [4.69, 9.17) is 0 Å². The maximum Gasteiger partial charge on any atom is 0.0426 e. The Labute approximate surface area is 128 Å². The molecule has 0 aliphatic heterocycles. The lowest BCUT2D eigenvalue weighted by molar-refractivity contribution is 0.571. The highest BCUT2D eigenvalue weighted by atomic mass is 15.1. The molecular formula is C19H26N2. The van der Waals surface area contributed by atoms with Gasteiger partial charge in [-0.05, 0) is 43.1 Å². The molecule has 1 atom stereocenters. The van der Waals surface area contributed by atoms with Crippen LogP contribution in [0.5, 0.6) is 0 Å². The molecule has 1 N–H and O–H groups in total. The summed E-state index contributed by atoms with van der Waals surface area (Å²) in [5.74, 6) is 0. The van der Waals surface area contributed by atoms with Crippen molar-refractivity contribution in [2.45, 2.75) is 32.9 Å². The molecule has 2 aromatic carbocycles. The molecule has 0 aliphatic rings. The maximum absolute atomic E-state index is 3.52. The summed E-state index contributed by atoms with van der Waals surface area (Å²) in [7, 11) is 2.14. The number of benzene rings is 2. The second-order valence-corrected chi connectivity index (χ2v) is 5.61. The first kappa shape index (κ1) is 15.6. The van der Waals surface area contributed by atoms with Gasteiger partial charge in [0.25, 0.3) is 0 Å². The molecule has 112 valence electrons. The number of hydrogen-bond acceptors (Lipinski definition) is 2. The van der Waals surface area contributed by atoms with Crippen molar-refractivity contribution in [3.63, 3.8) is 0 Å². The van der Waals surface area contributed by atoms with Crippen LogP contribution in [-0.4, -0.2) is 13.6 Å². The zero-order valence-corrected chi connectivity index (χ0v) is 13.3. The van der Waals surface area contributed by atoms with Gasteiger partial charge in [-0.2, -0.15) is 0 Å². The maximum atomic E-state index is 3.52. The average Bonchev–Trinajstić information content (AvgIpc) is 2.53. The van der Waals surface area contributed by atoms with Gasteiger partial charge >= 0.3 is 0 Å². The summed E-state index contributed by atoms with van der Waals surface area (Å²) in [6.07, 6.45) is 1.17. The highest BCUT2D eigenvalue weighted by Gasteiger charge is 2.06. The molecule has 2 aromatic rings.